The summed E-state index contributed by atoms with van der Waals surface area (Å²) in [4.78, 5) is 7.27. The van der Waals surface area contributed by atoms with Crippen molar-refractivity contribution in [3.63, 3.8) is 0 Å². The maximum atomic E-state index is 2.49. The fourth-order valence-electron chi connectivity index (χ4n) is 11.8. The minimum Gasteiger partial charge on any atom is -0.341 e. The first-order valence-electron chi connectivity index (χ1n) is 25.8. The lowest BCUT2D eigenvalue weighted by Crippen LogP contribution is -2.24. The van der Waals surface area contributed by atoms with E-state index in [4.69, 9.17) is 0 Å². The summed E-state index contributed by atoms with van der Waals surface area (Å²) in [5, 5.41) is 4.98. The second kappa shape index (κ2) is 18.7. The Morgan fingerprint density at radius 2 is 0.849 bits per heavy atom. The SMILES string of the molecule is CCc1cc(/C=C/c2ccc(-c3c4ccccc4c(-c4ccc(N5c6ccccc6N(c6ccccc6)c6ccccc65)cc4)c4ccccc34)cc2)ccc1-c1ccc(N2CCCc3ccccc32)cc1C. The van der Waals surface area contributed by atoms with Gasteiger partial charge in [-0.05, 0) is 176 Å². The number of fused-ring (bicyclic) bond motifs is 5. The number of rotatable bonds is 9. The van der Waals surface area contributed by atoms with E-state index in [1.807, 2.05) is 0 Å². The van der Waals surface area contributed by atoms with Crippen LogP contribution in [0.2, 0.25) is 0 Å². The molecular weight excluding hydrogens is 883 g/mol. The van der Waals surface area contributed by atoms with Crippen molar-refractivity contribution in [2.75, 3.05) is 21.2 Å². The van der Waals surface area contributed by atoms with Crippen molar-refractivity contribution in [1.29, 1.82) is 0 Å². The Bertz CT molecular complexity index is 3780. The first-order valence-corrected chi connectivity index (χ1v) is 25.8. The number of para-hydroxylation sites is 6. The molecule has 0 atom stereocenters. The smallest absolute Gasteiger partial charge is 0.0703 e. The third-order valence-electron chi connectivity index (χ3n) is 15.2. The summed E-state index contributed by atoms with van der Waals surface area (Å²) >= 11 is 0. The molecule has 11 aromatic carbocycles. The van der Waals surface area contributed by atoms with Crippen molar-refractivity contribution in [3.8, 4) is 33.4 Å². The largest absolute Gasteiger partial charge is 0.341 e. The highest BCUT2D eigenvalue weighted by atomic mass is 15.3. The van der Waals surface area contributed by atoms with E-state index in [1.165, 1.54) is 101 Å². The van der Waals surface area contributed by atoms with E-state index < -0.39 is 0 Å². The van der Waals surface area contributed by atoms with Crippen LogP contribution in [0.25, 0.3) is 67.1 Å². The average molecular weight is 938 g/mol. The van der Waals surface area contributed by atoms with E-state index in [2.05, 4.69) is 277 Å². The Morgan fingerprint density at radius 3 is 1.41 bits per heavy atom. The Kier molecular flexibility index (Phi) is 11.3. The van der Waals surface area contributed by atoms with Gasteiger partial charge < -0.3 is 14.7 Å². The summed E-state index contributed by atoms with van der Waals surface area (Å²) in [5.41, 5.74) is 23.5. The van der Waals surface area contributed by atoms with Gasteiger partial charge in [-0.2, -0.15) is 0 Å². The molecule has 0 radical (unpaired) electrons. The van der Waals surface area contributed by atoms with E-state index >= 15 is 0 Å². The fourth-order valence-corrected chi connectivity index (χ4v) is 11.8. The molecule has 11 aromatic rings. The number of aryl methyl sites for hydroxylation is 3. The van der Waals surface area contributed by atoms with Gasteiger partial charge in [-0.1, -0.05) is 189 Å². The predicted molar refractivity (Wildman–Crippen MR) is 312 cm³/mol. The molecule has 0 aliphatic carbocycles. The van der Waals surface area contributed by atoms with Gasteiger partial charge in [0.05, 0.1) is 22.7 Å². The zero-order valence-corrected chi connectivity index (χ0v) is 41.3. The molecule has 350 valence electrons. The monoisotopic (exact) mass is 937 g/mol. The number of anilines is 8. The van der Waals surface area contributed by atoms with Crippen LogP contribution in [0.5, 0.6) is 0 Å². The zero-order chi connectivity index (χ0) is 48.8. The summed E-state index contributed by atoms with van der Waals surface area (Å²) in [6.07, 6.45) is 7.81. The molecule has 3 heteroatoms. The number of benzene rings is 11. The van der Waals surface area contributed by atoms with Gasteiger partial charge in [0, 0.05) is 29.3 Å². The van der Waals surface area contributed by atoms with E-state index in [-0.39, 0.29) is 0 Å². The van der Waals surface area contributed by atoms with Crippen LogP contribution in [-0.2, 0) is 12.8 Å². The van der Waals surface area contributed by atoms with Gasteiger partial charge in [0.15, 0.2) is 0 Å². The quantitative estimate of drug-likeness (QED) is 0.105. The Labute approximate surface area is 429 Å². The fraction of sp³-hybridized carbons (Fsp3) is 0.0857. The summed E-state index contributed by atoms with van der Waals surface area (Å²) in [7, 11) is 0. The van der Waals surface area contributed by atoms with Crippen LogP contribution in [0.1, 0.15) is 41.2 Å². The predicted octanol–water partition coefficient (Wildman–Crippen LogP) is 19.4. The van der Waals surface area contributed by atoms with Crippen LogP contribution in [0, 0.1) is 6.92 Å². The molecule has 0 spiro atoms. The van der Waals surface area contributed by atoms with Crippen LogP contribution < -0.4 is 14.7 Å². The van der Waals surface area contributed by atoms with Crippen molar-refractivity contribution < 1.29 is 0 Å². The summed E-state index contributed by atoms with van der Waals surface area (Å²) in [6, 6.07) is 87.2. The van der Waals surface area contributed by atoms with Crippen molar-refractivity contribution in [1.82, 2.24) is 0 Å². The second-order valence-corrected chi connectivity index (χ2v) is 19.5. The second-order valence-electron chi connectivity index (χ2n) is 19.5. The van der Waals surface area contributed by atoms with Gasteiger partial charge in [-0.25, -0.2) is 0 Å². The maximum absolute atomic E-state index is 2.49. The molecule has 3 nitrogen and oxygen atoms in total. The van der Waals surface area contributed by atoms with Crippen LogP contribution in [0.15, 0.2) is 237 Å². The molecule has 0 amide bonds. The molecular formula is C70H55N3. The molecule has 0 N–H and O–H groups in total. The van der Waals surface area contributed by atoms with Crippen molar-refractivity contribution >= 4 is 79.2 Å². The minimum absolute atomic E-state index is 0.968. The normalized spacial score (nSPS) is 13.1. The standard InChI is InChI=1S/C70H55N3/c1-3-51-47-50(35-43-59(51)58-44-42-57(46-48(58)2)71-45-17-19-52-18-7-12-26-64(52)71)32-31-49-33-36-53(37-34-49)69-60-22-8-10-24-62(60)70(63-25-11-9-23-61(63)69)54-38-40-56(41-39-54)73-67-29-15-13-27-65(67)72(55-20-5-4-6-21-55)66-28-14-16-30-68(66)73/h4-16,18,20-44,46-47H,3,17,19,45H2,1-2H3/b32-31+. The van der Waals surface area contributed by atoms with Gasteiger partial charge in [0.2, 0.25) is 0 Å². The van der Waals surface area contributed by atoms with Crippen molar-refractivity contribution in [2.45, 2.75) is 33.1 Å². The number of hydrogen-bond donors (Lipinski definition) is 0. The van der Waals surface area contributed by atoms with Crippen LogP contribution in [0.4, 0.5) is 45.5 Å². The minimum atomic E-state index is 0.968. The molecule has 13 rings (SSSR count). The topological polar surface area (TPSA) is 9.72 Å². The van der Waals surface area contributed by atoms with Crippen LogP contribution in [0.3, 0.4) is 0 Å². The summed E-state index contributed by atoms with van der Waals surface area (Å²) in [6.45, 7) is 5.59. The third kappa shape index (κ3) is 7.86. The average Bonchev–Trinajstić information content (AvgIpc) is 3.45. The maximum Gasteiger partial charge on any atom is 0.0703 e. The zero-order valence-electron chi connectivity index (χ0n) is 41.3. The van der Waals surface area contributed by atoms with Crippen molar-refractivity contribution in [3.05, 3.63) is 264 Å². The molecule has 0 saturated carbocycles. The van der Waals surface area contributed by atoms with Gasteiger partial charge in [-0.3, -0.25) is 0 Å². The lowest BCUT2D eigenvalue weighted by molar-refractivity contribution is 0.767. The van der Waals surface area contributed by atoms with E-state index in [0.29, 0.717) is 0 Å². The highest BCUT2D eigenvalue weighted by Gasteiger charge is 2.30. The molecule has 0 fully saturated rings. The highest BCUT2D eigenvalue weighted by Crippen LogP contribution is 2.54. The van der Waals surface area contributed by atoms with Gasteiger partial charge in [0.25, 0.3) is 0 Å². The number of hydrogen-bond acceptors (Lipinski definition) is 3. The lowest BCUT2D eigenvalue weighted by Gasteiger charge is -2.40. The van der Waals surface area contributed by atoms with Crippen LogP contribution >= 0.6 is 0 Å². The molecule has 2 aliphatic rings. The highest BCUT2D eigenvalue weighted by molar-refractivity contribution is 6.21. The Hall–Kier alpha value is -8.92. The van der Waals surface area contributed by atoms with Crippen molar-refractivity contribution in [2.24, 2.45) is 0 Å². The van der Waals surface area contributed by atoms with E-state index in [9.17, 15) is 0 Å². The van der Waals surface area contributed by atoms with E-state index in [1.54, 1.807) is 0 Å². The first-order chi connectivity index (χ1) is 36.1. The molecule has 73 heavy (non-hydrogen) atoms. The third-order valence-corrected chi connectivity index (χ3v) is 15.2. The van der Waals surface area contributed by atoms with Gasteiger partial charge >= 0.3 is 0 Å². The molecule has 0 bridgehead atoms. The molecule has 0 saturated heterocycles. The lowest BCUT2D eigenvalue weighted by atomic mass is 9.86. The molecule has 0 aromatic heterocycles. The molecule has 0 unspecified atom stereocenters. The van der Waals surface area contributed by atoms with Gasteiger partial charge in [-0.15, -0.1) is 0 Å². The molecule has 2 heterocycles. The van der Waals surface area contributed by atoms with Crippen LogP contribution in [-0.4, -0.2) is 6.54 Å². The molecule has 2 aliphatic heterocycles. The number of nitrogens with zero attached hydrogens (tertiary/aromatic N) is 3. The van der Waals surface area contributed by atoms with E-state index in [0.717, 1.165) is 53.5 Å². The van der Waals surface area contributed by atoms with Gasteiger partial charge in [0.1, 0.15) is 0 Å². The Balaban J connectivity index is 0.794. The summed E-state index contributed by atoms with van der Waals surface area (Å²) < 4.78 is 0. The Morgan fingerprint density at radius 1 is 0.397 bits per heavy atom. The first kappa shape index (κ1) is 44.1. The summed E-state index contributed by atoms with van der Waals surface area (Å²) in [5.74, 6) is 0.